The van der Waals surface area contributed by atoms with Crippen LogP contribution in [0.5, 0.6) is 0 Å². The standard InChI is InChI=1S/C18H19FN6O4S/c1-12-22-23-24-25(12)14-5-8-16(19)17(11-14)21-18(26)13-3-6-15(7-4-13)30(27,28)20-9-10-29-2/h3-8,11,20H,9-10H2,1-2H3,(H,21,26). The lowest BCUT2D eigenvalue weighted by molar-refractivity contribution is 0.102. The average Bonchev–Trinajstić information content (AvgIpc) is 3.15. The highest BCUT2D eigenvalue weighted by atomic mass is 32.2. The Hall–Kier alpha value is -3.22. The van der Waals surface area contributed by atoms with E-state index in [0.717, 1.165) is 0 Å². The van der Waals surface area contributed by atoms with Gasteiger partial charge in [0.25, 0.3) is 5.91 Å². The molecule has 0 aliphatic rings. The zero-order valence-electron chi connectivity index (χ0n) is 16.2. The molecule has 1 amide bonds. The Labute approximate surface area is 172 Å². The summed E-state index contributed by atoms with van der Waals surface area (Å²) in [5.74, 6) is -0.745. The van der Waals surface area contributed by atoms with Crippen LogP contribution in [0.1, 0.15) is 16.2 Å². The second kappa shape index (κ2) is 9.07. The first kappa shape index (κ1) is 21.5. The molecular formula is C18H19FN6O4S. The SMILES string of the molecule is COCCNS(=O)(=O)c1ccc(C(=O)Nc2cc(-n3nnnc3C)ccc2F)cc1. The van der Waals surface area contributed by atoms with E-state index in [1.807, 2.05) is 0 Å². The van der Waals surface area contributed by atoms with E-state index in [4.69, 9.17) is 4.74 Å². The zero-order valence-corrected chi connectivity index (χ0v) is 17.0. The van der Waals surface area contributed by atoms with Gasteiger partial charge in [0.1, 0.15) is 5.82 Å². The minimum absolute atomic E-state index is 0.00233. The van der Waals surface area contributed by atoms with Crippen molar-refractivity contribution in [3.8, 4) is 5.69 Å². The predicted molar refractivity (Wildman–Crippen MR) is 105 cm³/mol. The Morgan fingerprint density at radius 1 is 1.20 bits per heavy atom. The highest BCUT2D eigenvalue weighted by Gasteiger charge is 2.16. The van der Waals surface area contributed by atoms with E-state index in [0.29, 0.717) is 11.5 Å². The topological polar surface area (TPSA) is 128 Å². The van der Waals surface area contributed by atoms with Crippen LogP contribution in [0.4, 0.5) is 10.1 Å². The molecule has 158 valence electrons. The summed E-state index contributed by atoms with van der Waals surface area (Å²) in [5.41, 5.74) is 0.567. The molecule has 1 heterocycles. The molecule has 0 unspecified atom stereocenters. The van der Waals surface area contributed by atoms with E-state index in [2.05, 4.69) is 25.6 Å². The van der Waals surface area contributed by atoms with Crippen LogP contribution in [0.2, 0.25) is 0 Å². The summed E-state index contributed by atoms with van der Waals surface area (Å²) in [6.45, 7) is 2.04. The van der Waals surface area contributed by atoms with Crippen molar-refractivity contribution in [2.75, 3.05) is 25.6 Å². The van der Waals surface area contributed by atoms with Crippen molar-refractivity contribution in [2.24, 2.45) is 0 Å². The minimum atomic E-state index is -3.72. The molecular weight excluding hydrogens is 415 g/mol. The number of tetrazole rings is 1. The molecule has 0 atom stereocenters. The fourth-order valence-electron chi connectivity index (χ4n) is 2.55. The number of aryl methyl sites for hydroxylation is 1. The molecule has 0 aliphatic carbocycles. The van der Waals surface area contributed by atoms with E-state index >= 15 is 0 Å². The second-order valence-corrected chi connectivity index (χ2v) is 7.94. The van der Waals surface area contributed by atoms with Gasteiger partial charge in [0.05, 0.1) is 22.9 Å². The van der Waals surface area contributed by atoms with Crippen LogP contribution >= 0.6 is 0 Å². The molecule has 2 N–H and O–H groups in total. The maximum absolute atomic E-state index is 14.2. The first-order chi connectivity index (χ1) is 14.3. The zero-order chi connectivity index (χ0) is 21.7. The van der Waals surface area contributed by atoms with Crippen molar-refractivity contribution in [1.82, 2.24) is 24.9 Å². The fraction of sp³-hybridized carbons (Fsp3) is 0.222. The molecule has 0 saturated carbocycles. The number of anilines is 1. The molecule has 12 heteroatoms. The number of rotatable bonds is 8. The summed E-state index contributed by atoms with van der Waals surface area (Å²) in [6.07, 6.45) is 0. The largest absolute Gasteiger partial charge is 0.383 e. The average molecular weight is 434 g/mol. The Bertz CT molecular complexity index is 1150. The van der Waals surface area contributed by atoms with Gasteiger partial charge in [0.15, 0.2) is 5.82 Å². The lowest BCUT2D eigenvalue weighted by Crippen LogP contribution is -2.27. The summed E-state index contributed by atoms with van der Waals surface area (Å²) in [7, 11) is -2.26. The number of nitrogens with one attached hydrogen (secondary N) is 2. The number of carbonyl (C=O) groups excluding carboxylic acids is 1. The Morgan fingerprint density at radius 3 is 2.57 bits per heavy atom. The molecule has 0 bridgehead atoms. The van der Waals surface area contributed by atoms with Crippen LogP contribution in [0, 0.1) is 12.7 Å². The van der Waals surface area contributed by atoms with E-state index in [1.165, 1.54) is 54.3 Å². The number of ether oxygens (including phenoxy) is 1. The van der Waals surface area contributed by atoms with Crippen molar-refractivity contribution in [1.29, 1.82) is 0 Å². The van der Waals surface area contributed by atoms with Crippen LogP contribution < -0.4 is 10.0 Å². The van der Waals surface area contributed by atoms with Crippen molar-refractivity contribution in [3.05, 3.63) is 59.7 Å². The van der Waals surface area contributed by atoms with Crippen molar-refractivity contribution in [3.63, 3.8) is 0 Å². The van der Waals surface area contributed by atoms with Gasteiger partial charge in [-0.3, -0.25) is 4.79 Å². The van der Waals surface area contributed by atoms with Crippen LogP contribution in [-0.2, 0) is 14.8 Å². The molecule has 0 saturated heterocycles. The summed E-state index contributed by atoms with van der Waals surface area (Å²) in [6, 6.07) is 9.33. The van der Waals surface area contributed by atoms with Crippen LogP contribution in [-0.4, -0.2) is 54.8 Å². The number of benzene rings is 2. The number of aromatic nitrogens is 4. The van der Waals surface area contributed by atoms with E-state index in [-0.39, 0.29) is 29.3 Å². The van der Waals surface area contributed by atoms with E-state index in [1.54, 1.807) is 6.92 Å². The van der Waals surface area contributed by atoms with Crippen LogP contribution in [0.3, 0.4) is 0 Å². The van der Waals surface area contributed by atoms with E-state index < -0.39 is 21.7 Å². The molecule has 3 rings (SSSR count). The molecule has 2 aromatic carbocycles. The Balaban J connectivity index is 1.76. The predicted octanol–water partition coefficient (Wildman–Crippen LogP) is 1.29. The number of hydrogen-bond acceptors (Lipinski definition) is 7. The minimum Gasteiger partial charge on any atom is -0.383 e. The van der Waals surface area contributed by atoms with Crippen molar-refractivity contribution < 1.29 is 22.3 Å². The molecule has 10 nitrogen and oxygen atoms in total. The highest BCUT2D eigenvalue weighted by Crippen LogP contribution is 2.20. The number of halogens is 1. The number of carbonyl (C=O) groups is 1. The number of nitrogens with zero attached hydrogens (tertiary/aromatic N) is 4. The van der Waals surface area contributed by atoms with Gasteiger partial charge in [-0.15, -0.1) is 5.10 Å². The number of amides is 1. The molecule has 1 aromatic heterocycles. The molecule has 0 spiro atoms. The molecule has 30 heavy (non-hydrogen) atoms. The first-order valence-electron chi connectivity index (χ1n) is 8.77. The van der Waals surface area contributed by atoms with Gasteiger partial charge < -0.3 is 10.1 Å². The highest BCUT2D eigenvalue weighted by molar-refractivity contribution is 7.89. The Morgan fingerprint density at radius 2 is 1.93 bits per heavy atom. The maximum atomic E-state index is 14.2. The van der Waals surface area contributed by atoms with Crippen LogP contribution in [0.15, 0.2) is 47.4 Å². The first-order valence-corrected chi connectivity index (χ1v) is 10.2. The number of sulfonamides is 1. The van der Waals surface area contributed by atoms with Crippen molar-refractivity contribution in [2.45, 2.75) is 11.8 Å². The quantitative estimate of drug-likeness (QED) is 0.511. The summed E-state index contributed by atoms with van der Waals surface area (Å²) in [5, 5.41) is 13.6. The van der Waals surface area contributed by atoms with E-state index in [9.17, 15) is 17.6 Å². The smallest absolute Gasteiger partial charge is 0.255 e. The Kier molecular flexibility index (Phi) is 6.50. The maximum Gasteiger partial charge on any atom is 0.255 e. The normalized spacial score (nSPS) is 11.4. The third-order valence-corrected chi connectivity index (χ3v) is 5.57. The van der Waals surface area contributed by atoms with Gasteiger partial charge in [0, 0.05) is 19.2 Å². The second-order valence-electron chi connectivity index (χ2n) is 6.17. The van der Waals surface area contributed by atoms with Gasteiger partial charge in [0.2, 0.25) is 10.0 Å². The van der Waals surface area contributed by atoms with Crippen molar-refractivity contribution >= 4 is 21.6 Å². The van der Waals surface area contributed by atoms with Gasteiger partial charge in [-0.2, -0.15) is 4.68 Å². The monoisotopic (exact) mass is 434 g/mol. The molecule has 0 fully saturated rings. The van der Waals surface area contributed by atoms with Gasteiger partial charge in [-0.25, -0.2) is 17.5 Å². The van der Waals surface area contributed by atoms with Gasteiger partial charge >= 0.3 is 0 Å². The van der Waals surface area contributed by atoms with Gasteiger partial charge in [-0.05, 0) is 59.8 Å². The molecule has 0 radical (unpaired) electrons. The fourth-order valence-corrected chi connectivity index (χ4v) is 3.57. The van der Waals surface area contributed by atoms with Crippen LogP contribution in [0.25, 0.3) is 5.69 Å². The third kappa shape index (κ3) is 4.84. The number of methoxy groups -OCH3 is 1. The summed E-state index contributed by atoms with van der Waals surface area (Å²) in [4.78, 5) is 12.5. The lowest BCUT2D eigenvalue weighted by Gasteiger charge is -2.10. The lowest BCUT2D eigenvalue weighted by atomic mass is 10.2. The summed E-state index contributed by atoms with van der Waals surface area (Å²) < 4.78 is 47.1. The third-order valence-electron chi connectivity index (χ3n) is 4.09. The van der Waals surface area contributed by atoms with Gasteiger partial charge in [-0.1, -0.05) is 0 Å². The summed E-state index contributed by atoms with van der Waals surface area (Å²) >= 11 is 0. The molecule has 0 aliphatic heterocycles. The molecule has 3 aromatic rings. The number of hydrogen-bond donors (Lipinski definition) is 2.